The number of benzene rings is 2. The van der Waals surface area contributed by atoms with Crippen LogP contribution in [0.5, 0.6) is 5.75 Å². The van der Waals surface area contributed by atoms with Crippen molar-refractivity contribution >= 4 is 33.4 Å². The van der Waals surface area contributed by atoms with Crippen molar-refractivity contribution in [2.45, 2.75) is 6.54 Å². The fraction of sp³-hybridized carbons (Fsp3) is 0.208. The second kappa shape index (κ2) is 9.85. The molecule has 2 heterocycles. The molecule has 0 bridgehead atoms. The zero-order valence-electron chi connectivity index (χ0n) is 18.3. The van der Waals surface area contributed by atoms with E-state index >= 15 is 0 Å². The summed E-state index contributed by atoms with van der Waals surface area (Å²) in [7, 11) is 3.31. The summed E-state index contributed by atoms with van der Waals surface area (Å²) in [5.74, 6) is 0.975. The molecule has 0 radical (unpaired) electrons. The number of methoxy groups -OCH3 is 1. The fourth-order valence-corrected chi connectivity index (χ4v) is 4.47. The molecule has 9 heteroatoms. The smallest absolute Gasteiger partial charge is 0.272 e. The zero-order valence-corrected chi connectivity index (χ0v) is 19.1. The lowest BCUT2D eigenvalue weighted by Gasteiger charge is -2.10. The van der Waals surface area contributed by atoms with Gasteiger partial charge in [-0.2, -0.15) is 0 Å². The Morgan fingerprint density at radius 2 is 2.00 bits per heavy atom. The number of carbonyl (C=O) groups is 1. The molecule has 0 aliphatic carbocycles. The van der Waals surface area contributed by atoms with Gasteiger partial charge in [-0.3, -0.25) is 14.2 Å². The van der Waals surface area contributed by atoms with Crippen LogP contribution in [-0.4, -0.2) is 40.8 Å². The Morgan fingerprint density at radius 3 is 2.79 bits per heavy atom. The predicted octanol–water partition coefficient (Wildman–Crippen LogP) is 3.00. The second-order valence-electron chi connectivity index (χ2n) is 7.39. The lowest BCUT2D eigenvalue weighted by Crippen LogP contribution is -2.26. The normalized spacial score (nSPS) is 10.9. The molecule has 1 amide bonds. The lowest BCUT2D eigenvalue weighted by atomic mass is 10.1. The minimum atomic E-state index is -0.259. The van der Waals surface area contributed by atoms with Gasteiger partial charge in [-0.05, 0) is 41.5 Å². The van der Waals surface area contributed by atoms with E-state index in [0.717, 1.165) is 21.8 Å². The van der Waals surface area contributed by atoms with E-state index in [1.165, 1.54) is 15.9 Å². The number of thiophene rings is 1. The molecule has 0 unspecified atom stereocenters. The van der Waals surface area contributed by atoms with Crippen molar-refractivity contribution in [3.63, 3.8) is 0 Å². The van der Waals surface area contributed by atoms with Gasteiger partial charge < -0.3 is 20.5 Å². The largest absolute Gasteiger partial charge is 0.497 e. The first kappa shape index (κ1) is 22.5. The topological polar surface area (TPSA) is 105 Å². The molecule has 8 nitrogen and oxygen atoms in total. The van der Waals surface area contributed by atoms with Gasteiger partial charge >= 0.3 is 0 Å². The number of hydrogen-bond donors (Lipinski definition) is 3. The summed E-state index contributed by atoms with van der Waals surface area (Å²) in [6.07, 6.45) is 0. The summed E-state index contributed by atoms with van der Waals surface area (Å²) in [5.41, 5.74) is 2.77. The van der Waals surface area contributed by atoms with Gasteiger partial charge in [0.2, 0.25) is 5.95 Å². The first-order chi connectivity index (χ1) is 16.0. The molecule has 3 N–H and O–H groups in total. The van der Waals surface area contributed by atoms with Crippen LogP contribution < -0.4 is 20.9 Å². The highest BCUT2D eigenvalue weighted by atomic mass is 32.1. The minimum absolute atomic E-state index is 0.120. The molecule has 0 fully saturated rings. The van der Waals surface area contributed by atoms with Crippen LogP contribution in [0.25, 0.3) is 20.7 Å². The Labute approximate surface area is 194 Å². The lowest BCUT2D eigenvalue weighted by molar-refractivity contribution is 0.0945. The number of ether oxygens (including phenoxy) is 1. The van der Waals surface area contributed by atoms with Crippen LogP contribution in [0.4, 0.5) is 5.95 Å². The molecule has 0 spiro atoms. The van der Waals surface area contributed by atoms with Crippen LogP contribution in [0.2, 0.25) is 0 Å². The van der Waals surface area contributed by atoms with Crippen molar-refractivity contribution < 1.29 is 14.6 Å². The van der Waals surface area contributed by atoms with Crippen LogP contribution in [0.15, 0.2) is 59.4 Å². The molecule has 2 aromatic carbocycles. The van der Waals surface area contributed by atoms with E-state index in [0.29, 0.717) is 28.3 Å². The standard InChI is InChI=1S/C24H24N4O4S/c1-28-23(31)21-19(27-24(28)26-14-15-5-3-8-18(11-15)32-2)13-20(33-21)16-6-4-7-17(12-16)22(30)25-9-10-29/h3-8,11-13,29H,9-10,14H2,1-2H3,(H,25,30)(H,26,27). The number of rotatable bonds is 8. The van der Waals surface area contributed by atoms with Crippen molar-refractivity contribution in [2.75, 3.05) is 25.6 Å². The third kappa shape index (κ3) is 4.89. The molecular weight excluding hydrogens is 440 g/mol. The minimum Gasteiger partial charge on any atom is -0.497 e. The second-order valence-corrected chi connectivity index (χ2v) is 8.44. The van der Waals surface area contributed by atoms with E-state index in [9.17, 15) is 9.59 Å². The third-order valence-electron chi connectivity index (χ3n) is 5.15. The number of aromatic nitrogens is 2. The van der Waals surface area contributed by atoms with Crippen LogP contribution >= 0.6 is 11.3 Å². The van der Waals surface area contributed by atoms with E-state index < -0.39 is 0 Å². The SMILES string of the molecule is COc1cccc(CNc2nc3cc(-c4cccc(C(=O)NCCO)c4)sc3c(=O)n2C)c1. The Kier molecular flexibility index (Phi) is 6.71. The number of anilines is 1. The maximum atomic E-state index is 13.0. The molecule has 33 heavy (non-hydrogen) atoms. The molecule has 0 saturated carbocycles. The Balaban J connectivity index is 1.62. The number of aliphatic hydroxyl groups excluding tert-OH is 1. The molecule has 0 aliphatic heterocycles. The molecule has 170 valence electrons. The Morgan fingerprint density at radius 1 is 1.18 bits per heavy atom. The quantitative estimate of drug-likeness (QED) is 0.370. The molecule has 0 atom stereocenters. The number of amides is 1. The summed E-state index contributed by atoms with van der Waals surface area (Å²) in [5, 5.41) is 14.8. The van der Waals surface area contributed by atoms with E-state index in [1.54, 1.807) is 32.4 Å². The molecular formula is C24H24N4O4S. The maximum absolute atomic E-state index is 13.0. The van der Waals surface area contributed by atoms with Crippen LogP contribution in [0, 0.1) is 0 Å². The summed E-state index contributed by atoms with van der Waals surface area (Å²) < 4.78 is 7.31. The van der Waals surface area contributed by atoms with Gasteiger partial charge in [0.05, 0.1) is 19.2 Å². The van der Waals surface area contributed by atoms with Crippen LogP contribution in [0.3, 0.4) is 0 Å². The monoisotopic (exact) mass is 464 g/mol. The van der Waals surface area contributed by atoms with E-state index in [-0.39, 0.29) is 24.6 Å². The number of aliphatic hydroxyl groups is 1. The van der Waals surface area contributed by atoms with Gasteiger partial charge in [-0.1, -0.05) is 24.3 Å². The first-order valence-corrected chi connectivity index (χ1v) is 11.2. The molecule has 0 saturated heterocycles. The first-order valence-electron chi connectivity index (χ1n) is 10.4. The number of hydrogen-bond acceptors (Lipinski definition) is 7. The summed E-state index contributed by atoms with van der Waals surface area (Å²) in [4.78, 5) is 30.7. The Bertz CT molecular complexity index is 1360. The summed E-state index contributed by atoms with van der Waals surface area (Å²) >= 11 is 1.35. The highest BCUT2D eigenvalue weighted by Gasteiger charge is 2.14. The molecule has 2 aromatic heterocycles. The molecule has 4 aromatic rings. The number of carbonyl (C=O) groups excluding carboxylic acids is 1. The zero-order chi connectivity index (χ0) is 23.4. The summed E-state index contributed by atoms with van der Waals surface area (Å²) in [6.45, 7) is 0.563. The van der Waals surface area contributed by atoms with Crippen LogP contribution in [0.1, 0.15) is 15.9 Å². The van der Waals surface area contributed by atoms with E-state index in [4.69, 9.17) is 9.84 Å². The number of nitrogens with one attached hydrogen (secondary N) is 2. The Hall–Kier alpha value is -3.69. The third-order valence-corrected chi connectivity index (χ3v) is 6.31. The molecule has 0 aliphatic rings. The van der Waals surface area contributed by atoms with E-state index in [2.05, 4.69) is 15.6 Å². The fourth-order valence-electron chi connectivity index (χ4n) is 3.40. The predicted molar refractivity (Wildman–Crippen MR) is 130 cm³/mol. The van der Waals surface area contributed by atoms with Crippen molar-refractivity contribution in [1.82, 2.24) is 14.9 Å². The average molecular weight is 465 g/mol. The van der Waals surface area contributed by atoms with Gasteiger partial charge in [-0.25, -0.2) is 4.98 Å². The van der Waals surface area contributed by atoms with Crippen LogP contribution in [-0.2, 0) is 13.6 Å². The molecule has 4 rings (SSSR count). The van der Waals surface area contributed by atoms with Gasteiger partial charge in [0.1, 0.15) is 10.4 Å². The van der Waals surface area contributed by atoms with Gasteiger partial charge in [0, 0.05) is 30.6 Å². The van der Waals surface area contributed by atoms with Gasteiger partial charge in [0.25, 0.3) is 11.5 Å². The maximum Gasteiger partial charge on any atom is 0.272 e. The van der Waals surface area contributed by atoms with Gasteiger partial charge in [-0.15, -0.1) is 11.3 Å². The number of fused-ring (bicyclic) bond motifs is 1. The summed E-state index contributed by atoms with van der Waals surface area (Å²) in [6, 6.07) is 16.7. The highest BCUT2D eigenvalue weighted by Crippen LogP contribution is 2.32. The van der Waals surface area contributed by atoms with Crippen molar-refractivity contribution in [2.24, 2.45) is 7.05 Å². The number of nitrogens with zero attached hydrogens (tertiary/aromatic N) is 2. The highest BCUT2D eigenvalue weighted by molar-refractivity contribution is 7.22. The average Bonchev–Trinajstić information content (AvgIpc) is 3.28. The van der Waals surface area contributed by atoms with Crippen molar-refractivity contribution in [3.05, 3.63) is 76.1 Å². The van der Waals surface area contributed by atoms with E-state index in [1.807, 2.05) is 36.4 Å². The van der Waals surface area contributed by atoms with Gasteiger partial charge in [0.15, 0.2) is 0 Å². The van der Waals surface area contributed by atoms with Crippen molar-refractivity contribution in [3.8, 4) is 16.2 Å². The van der Waals surface area contributed by atoms with Crippen molar-refractivity contribution in [1.29, 1.82) is 0 Å².